The average Bonchev–Trinajstić information content (AvgIpc) is 2.80. The topological polar surface area (TPSA) is 39.2 Å². The van der Waals surface area contributed by atoms with Crippen molar-refractivity contribution < 1.29 is 9.53 Å². The van der Waals surface area contributed by atoms with Gasteiger partial charge in [0.15, 0.2) is 6.29 Å². The number of hydrogen-bond donors (Lipinski definition) is 0. The SMILES string of the molecule is Cc1cc(C)c(OCc2ncc(C=O)s2)cc1C. The Morgan fingerprint density at radius 2 is 1.94 bits per heavy atom. The van der Waals surface area contributed by atoms with Crippen LogP contribution in [0.15, 0.2) is 18.3 Å². The van der Waals surface area contributed by atoms with Crippen LogP contribution in [0.5, 0.6) is 5.75 Å². The van der Waals surface area contributed by atoms with E-state index in [9.17, 15) is 4.79 Å². The standard InChI is InChI=1S/C14H15NO2S/c1-9-4-11(3)13(5-10(9)2)17-8-14-15-6-12(7-16)18-14/h4-7H,8H2,1-3H3. The van der Waals surface area contributed by atoms with Crippen molar-refractivity contribution in [2.24, 2.45) is 0 Å². The van der Waals surface area contributed by atoms with E-state index in [0.717, 1.165) is 22.6 Å². The number of carbonyl (C=O) groups excluding carboxylic acids is 1. The average molecular weight is 261 g/mol. The molecule has 0 fully saturated rings. The Labute approximate surface area is 110 Å². The van der Waals surface area contributed by atoms with E-state index in [-0.39, 0.29) is 0 Å². The third-order valence-corrected chi connectivity index (χ3v) is 3.73. The minimum Gasteiger partial charge on any atom is -0.486 e. The van der Waals surface area contributed by atoms with E-state index in [1.165, 1.54) is 22.5 Å². The second-order valence-corrected chi connectivity index (χ2v) is 5.41. The van der Waals surface area contributed by atoms with E-state index >= 15 is 0 Å². The predicted octanol–water partition coefficient (Wildman–Crippen LogP) is 3.46. The third-order valence-electron chi connectivity index (χ3n) is 2.83. The van der Waals surface area contributed by atoms with Crippen LogP contribution < -0.4 is 4.74 Å². The molecule has 0 radical (unpaired) electrons. The second kappa shape index (κ2) is 5.31. The van der Waals surface area contributed by atoms with Crippen LogP contribution >= 0.6 is 11.3 Å². The van der Waals surface area contributed by atoms with Gasteiger partial charge in [-0.25, -0.2) is 4.98 Å². The van der Waals surface area contributed by atoms with Gasteiger partial charge in [-0.1, -0.05) is 6.07 Å². The first-order chi connectivity index (χ1) is 8.60. The zero-order valence-electron chi connectivity index (χ0n) is 10.7. The lowest BCUT2D eigenvalue weighted by atomic mass is 10.1. The highest BCUT2D eigenvalue weighted by atomic mass is 32.1. The molecule has 0 spiro atoms. The lowest BCUT2D eigenvalue weighted by molar-refractivity contribution is 0.112. The highest BCUT2D eigenvalue weighted by Gasteiger charge is 2.06. The number of rotatable bonds is 4. The van der Waals surface area contributed by atoms with Crippen molar-refractivity contribution in [2.45, 2.75) is 27.4 Å². The van der Waals surface area contributed by atoms with Crippen molar-refractivity contribution in [3.63, 3.8) is 0 Å². The van der Waals surface area contributed by atoms with Gasteiger partial charge in [-0.05, 0) is 43.5 Å². The number of ether oxygens (including phenoxy) is 1. The molecule has 0 N–H and O–H groups in total. The first-order valence-corrected chi connectivity index (χ1v) is 6.52. The Morgan fingerprint density at radius 1 is 1.22 bits per heavy atom. The Hall–Kier alpha value is -1.68. The molecule has 18 heavy (non-hydrogen) atoms. The summed E-state index contributed by atoms with van der Waals surface area (Å²) in [5, 5.41) is 0.815. The molecule has 0 unspecified atom stereocenters. The van der Waals surface area contributed by atoms with Gasteiger partial charge >= 0.3 is 0 Å². The van der Waals surface area contributed by atoms with Gasteiger partial charge in [-0.2, -0.15) is 0 Å². The van der Waals surface area contributed by atoms with E-state index in [1.54, 1.807) is 6.20 Å². The summed E-state index contributed by atoms with van der Waals surface area (Å²) in [5.41, 5.74) is 3.59. The van der Waals surface area contributed by atoms with Crippen molar-refractivity contribution in [3.8, 4) is 5.75 Å². The van der Waals surface area contributed by atoms with Crippen molar-refractivity contribution in [1.29, 1.82) is 0 Å². The lowest BCUT2D eigenvalue weighted by Crippen LogP contribution is -1.97. The number of nitrogens with zero attached hydrogens (tertiary/aromatic N) is 1. The molecule has 3 nitrogen and oxygen atoms in total. The summed E-state index contributed by atoms with van der Waals surface area (Å²) in [4.78, 5) is 15.3. The molecule has 0 aliphatic rings. The molecule has 94 valence electrons. The normalized spacial score (nSPS) is 10.4. The summed E-state index contributed by atoms with van der Waals surface area (Å²) in [6.45, 7) is 6.58. The Balaban J connectivity index is 2.10. The fourth-order valence-electron chi connectivity index (χ4n) is 1.67. The van der Waals surface area contributed by atoms with Crippen LogP contribution in [0.3, 0.4) is 0 Å². The fourth-order valence-corrected chi connectivity index (χ4v) is 2.32. The van der Waals surface area contributed by atoms with Crippen LogP contribution in [0.4, 0.5) is 0 Å². The molecular formula is C14H15NO2S. The molecule has 1 heterocycles. The smallest absolute Gasteiger partial charge is 0.161 e. The molecule has 1 aromatic heterocycles. The first kappa shape index (κ1) is 12.8. The fraction of sp³-hybridized carbons (Fsp3) is 0.286. The molecule has 0 amide bonds. The summed E-state index contributed by atoms with van der Waals surface area (Å²) in [6.07, 6.45) is 2.38. The minimum absolute atomic E-state index is 0.405. The number of hydrogen-bond acceptors (Lipinski definition) is 4. The van der Waals surface area contributed by atoms with Crippen LogP contribution in [0.25, 0.3) is 0 Å². The lowest BCUT2D eigenvalue weighted by Gasteiger charge is -2.10. The highest BCUT2D eigenvalue weighted by Crippen LogP contribution is 2.23. The number of aryl methyl sites for hydroxylation is 3. The summed E-state index contributed by atoms with van der Waals surface area (Å²) < 4.78 is 5.75. The molecule has 1 aromatic carbocycles. The Bertz CT molecular complexity index is 575. The molecule has 0 saturated heterocycles. The number of thiazole rings is 1. The van der Waals surface area contributed by atoms with Crippen molar-refractivity contribution in [1.82, 2.24) is 4.98 Å². The zero-order valence-corrected chi connectivity index (χ0v) is 11.5. The van der Waals surface area contributed by atoms with Gasteiger partial charge in [0.1, 0.15) is 17.4 Å². The van der Waals surface area contributed by atoms with E-state index < -0.39 is 0 Å². The molecule has 2 aromatic rings. The zero-order chi connectivity index (χ0) is 13.1. The number of aldehydes is 1. The number of aromatic nitrogens is 1. The van der Waals surface area contributed by atoms with Crippen molar-refractivity contribution >= 4 is 17.6 Å². The molecule has 0 bridgehead atoms. The molecule has 0 saturated carbocycles. The molecule has 4 heteroatoms. The minimum atomic E-state index is 0.405. The van der Waals surface area contributed by atoms with Gasteiger partial charge in [-0.3, -0.25) is 4.79 Å². The van der Waals surface area contributed by atoms with Gasteiger partial charge in [0.05, 0.1) is 4.88 Å². The van der Waals surface area contributed by atoms with Crippen LogP contribution in [0.2, 0.25) is 0 Å². The molecule has 2 rings (SSSR count). The van der Waals surface area contributed by atoms with E-state index in [4.69, 9.17) is 4.74 Å². The first-order valence-electron chi connectivity index (χ1n) is 5.70. The largest absolute Gasteiger partial charge is 0.486 e. The highest BCUT2D eigenvalue weighted by molar-refractivity contribution is 7.13. The van der Waals surface area contributed by atoms with Crippen LogP contribution in [-0.4, -0.2) is 11.3 Å². The van der Waals surface area contributed by atoms with Gasteiger partial charge in [0, 0.05) is 6.20 Å². The summed E-state index contributed by atoms with van der Waals surface area (Å²) in [6, 6.07) is 4.16. The van der Waals surface area contributed by atoms with Crippen molar-refractivity contribution in [3.05, 3.63) is 44.9 Å². The number of benzene rings is 1. The van der Waals surface area contributed by atoms with Crippen LogP contribution in [0.1, 0.15) is 31.4 Å². The quantitative estimate of drug-likeness (QED) is 0.791. The maximum Gasteiger partial charge on any atom is 0.161 e. The Morgan fingerprint density at radius 3 is 2.61 bits per heavy atom. The third kappa shape index (κ3) is 2.76. The predicted molar refractivity (Wildman–Crippen MR) is 72.5 cm³/mol. The van der Waals surface area contributed by atoms with E-state index in [2.05, 4.69) is 24.9 Å². The summed E-state index contributed by atoms with van der Waals surface area (Å²) >= 11 is 1.36. The van der Waals surface area contributed by atoms with Crippen molar-refractivity contribution in [2.75, 3.05) is 0 Å². The molecule has 0 aliphatic carbocycles. The van der Waals surface area contributed by atoms with Gasteiger partial charge in [-0.15, -0.1) is 11.3 Å². The summed E-state index contributed by atoms with van der Waals surface area (Å²) in [5.74, 6) is 0.876. The molecule has 0 atom stereocenters. The molecule has 0 aliphatic heterocycles. The van der Waals surface area contributed by atoms with Gasteiger partial charge in [0.2, 0.25) is 0 Å². The van der Waals surface area contributed by atoms with Crippen LogP contribution in [0, 0.1) is 20.8 Å². The summed E-state index contributed by atoms with van der Waals surface area (Å²) in [7, 11) is 0. The maximum atomic E-state index is 10.6. The maximum absolute atomic E-state index is 10.6. The Kier molecular flexibility index (Phi) is 3.77. The monoisotopic (exact) mass is 261 g/mol. The van der Waals surface area contributed by atoms with E-state index in [0.29, 0.717) is 11.5 Å². The second-order valence-electron chi connectivity index (χ2n) is 4.26. The molecular weight excluding hydrogens is 246 g/mol. The van der Waals surface area contributed by atoms with Gasteiger partial charge in [0.25, 0.3) is 0 Å². The van der Waals surface area contributed by atoms with Crippen LogP contribution in [-0.2, 0) is 6.61 Å². The number of carbonyl (C=O) groups is 1. The van der Waals surface area contributed by atoms with E-state index in [1.807, 2.05) is 13.0 Å². The van der Waals surface area contributed by atoms with Gasteiger partial charge < -0.3 is 4.74 Å².